The van der Waals surface area contributed by atoms with E-state index in [1.807, 2.05) is 18.2 Å². The third-order valence-corrected chi connectivity index (χ3v) is 7.02. The Hall–Kier alpha value is -0.0636. The molecule has 0 amide bonds. The van der Waals surface area contributed by atoms with Crippen LogP contribution in [0.2, 0.25) is 0 Å². The first-order chi connectivity index (χ1) is 13.1. The van der Waals surface area contributed by atoms with E-state index in [2.05, 4.69) is 19.1 Å². The average Bonchev–Trinajstić information content (AvgIpc) is 2.68. The number of benzene rings is 2. The summed E-state index contributed by atoms with van der Waals surface area (Å²) in [5.41, 5.74) is 2.80. The van der Waals surface area contributed by atoms with Gasteiger partial charge in [0.2, 0.25) is 0 Å². The van der Waals surface area contributed by atoms with Crippen molar-refractivity contribution in [1.29, 1.82) is 0 Å². The van der Waals surface area contributed by atoms with Crippen LogP contribution >= 0.6 is 0 Å². The molecule has 0 atom stereocenters. The fourth-order valence-electron chi connectivity index (χ4n) is 5.30. The summed E-state index contributed by atoms with van der Waals surface area (Å²) in [4.78, 5) is 0. The Bertz CT molecular complexity index is 734. The smallest absolute Gasteiger partial charge is 0.236 e. The van der Waals surface area contributed by atoms with Crippen LogP contribution in [0.25, 0.3) is 11.1 Å². The molecule has 2 saturated carbocycles. The Morgan fingerprint density at radius 2 is 1.21 bits per heavy atom. The van der Waals surface area contributed by atoms with Gasteiger partial charge in [0, 0.05) is 11.6 Å². The van der Waals surface area contributed by atoms with Gasteiger partial charge >= 0.3 is 51.4 Å². The van der Waals surface area contributed by atoms with E-state index in [0.29, 0.717) is 11.5 Å². The zero-order valence-corrected chi connectivity index (χ0v) is 20.3. The predicted octanol–water partition coefficient (Wildman–Crippen LogP) is 4.54. The Morgan fingerprint density at radius 1 is 0.714 bits per heavy atom. The molecule has 2 aromatic rings. The second kappa shape index (κ2) is 10.3. The molecule has 0 saturated heterocycles. The van der Waals surface area contributed by atoms with Crippen molar-refractivity contribution in [3.63, 3.8) is 0 Å². The van der Waals surface area contributed by atoms with Crippen LogP contribution in [-0.2, 0) is 0 Å². The molecule has 0 aromatic heterocycles. The summed E-state index contributed by atoms with van der Waals surface area (Å²) in [7, 11) is 0. The van der Waals surface area contributed by atoms with Gasteiger partial charge in [-0.1, -0.05) is 44.0 Å². The van der Waals surface area contributed by atoms with Gasteiger partial charge in [-0.3, -0.25) is 0 Å². The molecule has 2 fully saturated rings. The number of hydrogen-bond donors (Lipinski definition) is 0. The van der Waals surface area contributed by atoms with Crippen molar-refractivity contribution in [3.8, 4) is 11.1 Å². The molecule has 2 aromatic carbocycles. The standard InChI is InChI=1S/C25H29F2.K/c1-17-2-4-18(5-3-17)19-6-8-20(9-7-19)21-10-12-22(13-11-21)23-14-24(26)16-25(27)15-23;/h10-15,17-20H,2-9H2,1H3;/q-1;+1. The fourth-order valence-corrected chi connectivity index (χ4v) is 5.30. The SMILES string of the molecule is CC1CCC(C2CCC(c3ccc(-c4cc(F)[c-]c(F)c4)cc3)CC2)CC1.[K+]. The second-order valence-corrected chi connectivity index (χ2v) is 8.82. The molecule has 28 heavy (non-hydrogen) atoms. The summed E-state index contributed by atoms with van der Waals surface area (Å²) < 4.78 is 26.8. The normalized spacial score (nSPS) is 27.8. The first-order valence-corrected chi connectivity index (χ1v) is 10.6. The van der Waals surface area contributed by atoms with Gasteiger partial charge in [0.15, 0.2) is 0 Å². The number of rotatable bonds is 3. The zero-order valence-electron chi connectivity index (χ0n) is 17.2. The maximum atomic E-state index is 13.4. The molecule has 0 nitrogen and oxygen atoms in total. The molecule has 2 aliphatic rings. The van der Waals surface area contributed by atoms with E-state index in [9.17, 15) is 8.78 Å². The molecule has 0 N–H and O–H groups in total. The zero-order chi connectivity index (χ0) is 18.8. The van der Waals surface area contributed by atoms with Crippen molar-refractivity contribution < 1.29 is 60.2 Å². The van der Waals surface area contributed by atoms with Crippen LogP contribution in [0.15, 0.2) is 36.4 Å². The Kier molecular flexibility index (Phi) is 8.32. The van der Waals surface area contributed by atoms with Gasteiger partial charge < -0.3 is 0 Å². The molecule has 3 heteroatoms. The van der Waals surface area contributed by atoms with Crippen molar-refractivity contribution in [3.05, 3.63) is 59.7 Å². The molecule has 0 spiro atoms. The summed E-state index contributed by atoms with van der Waals surface area (Å²) in [5, 5.41) is 0. The summed E-state index contributed by atoms with van der Waals surface area (Å²) in [6, 6.07) is 13.0. The minimum Gasteiger partial charge on any atom is -0.236 e. The van der Waals surface area contributed by atoms with Crippen molar-refractivity contribution in [1.82, 2.24) is 0 Å². The van der Waals surface area contributed by atoms with Crippen LogP contribution in [0, 0.1) is 35.5 Å². The van der Waals surface area contributed by atoms with E-state index >= 15 is 0 Å². The molecule has 144 valence electrons. The van der Waals surface area contributed by atoms with E-state index in [4.69, 9.17) is 0 Å². The van der Waals surface area contributed by atoms with Crippen LogP contribution in [0.4, 0.5) is 8.78 Å². The molecule has 0 bridgehead atoms. The third-order valence-electron chi connectivity index (χ3n) is 7.02. The van der Waals surface area contributed by atoms with Crippen LogP contribution in [0.3, 0.4) is 0 Å². The second-order valence-electron chi connectivity index (χ2n) is 8.82. The monoisotopic (exact) mass is 406 g/mol. The van der Waals surface area contributed by atoms with Gasteiger partial charge in [-0.05, 0) is 73.3 Å². The van der Waals surface area contributed by atoms with E-state index in [1.54, 1.807) is 0 Å². The van der Waals surface area contributed by atoms with Crippen LogP contribution in [0.1, 0.15) is 69.8 Å². The topological polar surface area (TPSA) is 0 Å². The Balaban J connectivity index is 0.00000225. The van der Waals surface area contributed by atoms with Gasteiger partial charge in [0.05, 0.1) is 0 Å². The van der Waals surface area contributed by atoms with Crippen LogP contribution in [-0.4, -0.2) is 0 Å². The van der Waals surface area contributed by atoms with Crippen LogP contribution in [0.5, 0.6) is 0 Å². The van der Waals surface area contributed by atoms with Gasteiger partial charge in [-0.25, -0.2) is 8.78 Å². The van der Waals surface area contributed by atoms with Gasteiger partial charge in [0.25, 0.3) is 0 Å². The van der Waals surface area contributed by atoms with Gasteiger partial charge in [-0.15, -0.1) is 23.8 Å². The van der Waals surface area contributed by atoms with Gasteiger partial charge in [0.1, 0.15) is 0 Å². The molecule has 0 radical (unpaired) electrons. The molecule has 2 aliphatic carbocycles. The predicted molar refractivity (Wildman–Crippen MR) is 106 cm³/mol. The van der Waals surface area contributed by atoms with Crippen molar-refractivity contribution >= 4 is 0 Å². The largest absolute Gasteiger partial charge is 1.00 e. The summed E-state index contributed by atoms with van der Waals surface area (Å²) in [6.45, 7) is 2.40. The number of halogens is 2. The van der Waals surface area contributed by atoms with Crippen LogP contribution < -0.4 is 51.4 Å². The first kappa shape index (κ1) is 22.6. The fraction of sp³-hybridized carbons (Fsp3) is 0.520. The quantitative estimate of drug-likeness (QED) is 0.519. The molecule has 0 heterocycles. The van der Waals surface area contributed by atoms with E-state index in [0.717, 1.165) is 23.3 Å². The maximum Gasteiger partial charge on any atom is 1.00 e. The van der Waals surface area contributed by atoms with Crippen molar-refractivity contribution in [2.75, 3.05) is 0 Å². The van der Waals surface area contributed by atoms with Crippen molar-refractivity contribution in [2.24, 2.45) is 17.8 Å². The minimum atomic E-state index is -0.649. The van der Waals surface area contributed by atoms with E-state index in [1.165, 1.54) is 69.1 Å². The van der Waals surface area contributed by atoms with E-state index < -0.39 is 11.6 Å². The third kappa shape index (κ3) is 5.54. The molecule has 0 unspecified atom stereocenters. The van der Waals surface area contributed by atoms with E-state index in [-0.39, 0.29) is 51.4 Å². The molecular weight excluding hydrogens is 377 g/mol. The van der Waals surface area contributed by atoms with Gasteiger partial charge in [-0.2, -0.15) is 0 Å². The molecule has 4 rings (SSSR count). The maximum absolute atomic E-state index is 13.4. The number of hydrogen-bond acceptors (Lipinski definition) is 0. The molecular formula is C25H29F2K. The Morgan fingerprint density at radius 3 is 1.75 bits per heavy atom. The average molecular weight is 407 g/mol. The summed E-state index contributed by atoms with van der Waals surface area (Å²) >= 11 is 0. The van der Waals surface area contributed by atoms with Crippen molar-refractivity contribution in [2.45, 2.75) is 64.2 Å². The minimum absolute atomic E-state index is 0. The summed E-state index contributed by atoms with van der Waals surface area (Å²) in [5.74, 6) is 2.16. The molecule has 0 aliphatic heterocycles. The Labute approximate surface area is 210 Å². The summed E-state index contributed by atoms with van der Waals surface area (Å²) in [6.07, 6.45) is 11.0. The first-order valence-electron chi connectivity index (χ1n) is 10.6.